The van der Waals surface area contributed by atoms with Crippen LogP contribution in [-0.4, -0.2) is 51.9 Å². The minimum Gasteiger partial charge on any atom is -0.355 e. The largest absolute Gasteiger partial charge is 0.355 e. The van der Waals surface area contributed by atoms with Crippen LogP contribution in [0.25, 0.3) is 0 Å². The molecule has 7 heteroatoms. The predicted molar refractivity (Wildman–Crippen MR) is 74.9 cm³/mol. The quantitative estimate of drug-likeness (QED) is 0.595. The highest BCUT2D eigenvalue weighted by Crippen LogP contribution is 2.25. The zero-order chi connectivity index (χ0) is 12.6. The molecule has 18 heavy (non-hydrogen) atoms. The van der Waals surface area contributed by atoms with Crippen LogP contribution in [-0.2, 0) is 6.54 Å². The smallest absolute Gasteiger partial charge is 0.191 e. The molecule has 0 amide bonds. The van der Waals surface area contributed by atoms with Gasteiger partial charge < -0.3 is 10.6 Å². The van der Waals surface area contributed by atoms with Crippen LogP contribution in [0.1, 0.15) is 12.8 Å². The van der Waals surface area contributed by atoms with E-state index >= 15 is 0 Å². The zero-order valence-electron chi connectivity index (χ0n) is 10.7. The van der Waals surface area contributed by atoms with Crippen LogP contribution in [0.3, 0.4) is 0 Å². The Morgan fingerprint density at radius 1 is 1.56 bits per heavy atom. The summed E-state index contributed by atoms with van der Waals surface area (Å²) in [4.78, 5) is 8.11. The van der Waals surface area contributed by atoms with Gasteiger partial charge in [0, 0.05) is 25.4 Å². The molecule has 100 valence electrons. The van der Waals surface area contributed by atoms with Crippen LogP contribution in [0.2, 0.25) is 0 Å². The molecule has 6 nitrogen and oxygen atoms in total. The molecule has 1 atom stereocenters. The van der Waals surface area contributed by atoms with E-state index in [4.69, 9.17) is 0 Å². The van der Waals surface area contributed by atoms with Gasteiger partial charge in [-0.25, -0.2) is 4.98 Å². The minimum absolute atomic E-state index is 0.735. The first kappa shape index (κ1) is 13.2. The Morgan fingerprint density at radius 2 is 2.50 bits per heavy atom. The van der Waals surface area contributed by atoms with E-state index in [1.807, 2.05) is 11.8 Å². The van der Waals surface area contributed by atoms with Crippen molar-refractivity contribution >= 4 is 17.7 Å². The Kier molecular flexibility index (Phi) is 5.32. The van der Waals surface area contributed by atoms with Gasteiger partial charge in [-0.15, -0.1) is 0 Å². The number of hydrogen-bond donors (Lipinski definition) is 2. The summed E-state index contributed by atoms with van der Waals surface area (Å²) in [7, 11) is 1.80. The molecule has 1 unspecified atom stereocenters. The van der Waals surface area contributed by atoms with Gasteiger partial charge in [-0.05, 0) is 18.6 Å². The normalized spacial score (nSPS) is 20.1. The third-order valence-electron chi connectivity index (χ3n) is 2.84. The molecular weight excluding hydrogens is 248 g/mol. The van der Waals surface area contributed by atoms with Crippen molar-refractivity contribution in [2.24, 2.45) is 4.99 Å². The summed E-state index contributed by atoms with van der Waals surface area (Å²) in [5, 5.41) is 11.4. The van der Waals surface area contributed by atoms with Gasteiger partial charge in [0.25, 0.3) is 0 Å². The third kappa shape index (κ3) is 4.21. The van der Waals surface area contributed by atoms with Crippen molar-refractivity contribution in [3.8, 4) is 0 Å². The van der Waals surface area contributed by atoms with E-state index < -0.39 is 0 Å². The summed E-state index contributed by atoms with van der Waals surface area (Å²) in [6.07, 6.45) is 5.92. The minimum atomic E-state index is 0.735. The second-order valence-electron chi connectivity index (χ2n) is 4.17. The Balaban J connectivity index is 1.62. The summed E-state index contributed by atoms with van der Waals surface area (Å²) < 4.78 is 1.80. The number of aliphatic imine (C=N–C) groups is 1. The standard InChI is InChI=1S/C11H20N6S/c1-12-11(15-7-10-3-2-6-18-10)14-4-5-17-9-13-8-16-17/h8-10H,2-7H2,1H3,(H2,12,14,15). The second kappa shape index (κ2) is 7.25. The summed E-state index contributed by atoms with van der Waals surface area (Å²) in [6, 6.07) is 0. The molecule has 0 aromatic carbocycles. The SMILES string of the molecule is CN=C(NCCn1cncn1)NCC1CCCS1. The number of rotatable bonds is 5. The van der Waals surface area contributed by atoms with Crippen LogP contribution >= 0.6 is 11.8 Å². The molecule has 1 aliphatic heterocycles. The van der Waals surface area contributed by atoms with Gasteiger partial charge in [-0.2, -0.15) is 16.9 Å². The van der Waals surface area contributed by atoms with Crippen molar-refractivity contribution < 1.29 is 0 Å². The Morgan fingerprint density at radius 3 is 3.17 bits per heavy atom. The topological polar surface area (TPSA) is 67.1 Å². The fourth-order valence-electron chi connectivity index (χ4n) is 1.87. The predicted octanol–water partition coefficient (Wildman–Crippen LogP) is 0.339. The van der Waals surface area contributed by atoms with E-state index in [1.165, 1.54) is 18.6 Å². The molecule has 0 aliphatic carbocycles. The van der Waals surface area contributed by atoms with Crippen molar-refractivity contribution in [1.82, 2.24) is 25.4 Å². The molecule has 1 saturated heterocycles. The molecule has 2 rings (SSSR count). The highest BCUT2D eigenvalue weighted by Gasteiger charge is 2.15. The Bertz CT molecular complexity index is 358. The van der Waals surface area contributed by atoms with E-state index in [-0.39, 0.29) is 0 Å². The molecule has 0 saturated carbocycles. The fourth-order valence-corrected chi connectivity index (χ4v) is 3.07. The summed E-state index contributed by atoms with van der Waals surface area (Å²) in [6.45, 7) is 2.58. The molecule has 2 heterocycles. The Hall–Kier alpha value is -1.24. The van der Waals surface area contributed by atoms with Crippen LogP contribution in [0.4, 0.5) is 0 Å². The molecule has 1 aromatic heterocycles. The number of thioether (sulfide) groups is 1. The van der Waals surface area contributed by atoms with Crippen molar-refractivity contribution in [2.45, 2.75) is 24.6 Å². The number of aromatic nitrogens is 3. The lowest BCUT2D eigenvalue weighted by Gasteiger charge is -2.14. The van der Waals surface area contributed by atoms with E-state index in [9.17, 15) is 0 Å². The molecular formula is C11H20N6S. The average molecular weight is 268 g/mol. The van der Waals surface area contributed by atoms with Crippen molar-refractivity contribution in [1.29, 1.82) is 0 Å². The van der Waals surface area contributed by atoms with Gasteiger partial charge in [0.15, 0.2) is 5.96 Å². The monoisotopic (exact) mass is 268 g/mol. The molecule has 2 N–H and O–H groups in total. The van der Waals surface area contributed by atoms with Crippen molar-refractivity contribution in [3.63, 3.8) is 0 Å². The lowest BCUT2D eigenvalue weighted by molar-refractivity contribution is 0.595. The maximum atomic E-state index is 4.21. The van der Waals surface area contributed by atoms with Crippen molar-refractivity contribution in [3.05, 3.63) is 12.7 Å². The first-order valence-corrected chi connectivity index (χ1v) is 7.32. The van der Waals surface area contributed by atoms with Gasteiger partial charge in [-0.3, -0.25) is 9.67 Å². The van der Waals surface area contributed by atoms with Crippen LogP contribution in [0.5, 0.6) is 0 Å². The van der Waals surface area contributed by atoms with E-state index in [0.29, 0.717) is 0 Å². The first-order chi connectivity index (χ1) is 8.88. The van der Waals surface area contributed by atoms with Crippen LogP contribution in [0.15, 0.2) is 17.6 Å². The van der Waals surface area contributed by atoms with Gasteiger partial charge in [0.2, 0.25) is 0 Å². The Labute approximate surface area is 112 Å². The molecule has 1 aromatic rings. The van der Waals surface area contributed by atoms with Gasteiger partial charge >= 0.3 is 0 Å². The number of hydrogen-bond acceptors (Lipinski definition) is 4. The average Bonchev–Trinajstić information content (AvgIpc) is 3.06. The lowest BCUT2D eigenvalue weighted by Crippen LogP contribution is -2.41. The van der Waals surface area contributed by atoms with E-state index in [0.717, 1.165) is 30.8 Å². The third-order valence-corrected chi connectivity index (χ3v) is 4.24. The highest BCUT2D eigenvalue weighted by atomic mass is 32.2. The number of guanidine groups is 1. The molecule has 0 bridgehead atoms. The van der Waals surface area contributed by atoms with E-state index in [1.54, 1.807) is 24.4 Å². The van der Waals surface area contributed by atoms with Crippen LogP contribution in [0, 0.1) is 0 Å². The summed E-state index contributed by atoms with van der Waals surface area (Å²) >= 11 is 2.05. The van der Waals surface area contributed by atoms with Gasteiger partial charge in [-0.1, -0.05) is 0 Å². The number of nitrogens with one attached hydrogen (secondary N) is 2. The molecule has 1 aliphatic rings. The summed E-state index contributed by atoms with van der Waals surface area (Å²) in [5.41, 5.74) is 0. The number of nitrogens with zero attached hydrogens (tertiary/aromatic N) is 4. The first-order valence-electron chi connectivity index (χ1n) is 6.27. The molecule has 0 spiro atoms. The van der Waals surface area contributed by atoms with Gasteiger partial charge in [0.05, 0.1) is 6.54 Å². The van der Waals surface area contributed by atoms with Gasteiger partial charge in [0.1, 0.15) is 12.7 Å². The summed E-state index contributed by atoms with van der Waals surface area (Å²) in [5.74, 6) is 2.16. The van der Waals surface area contributed by atoms with E-state index in [2.05, 4.69) is 25.7 Å². The second-order valence-corrected chi connectivity index (χ2v) is 5.58. The highest BCUT2D eigenvalue weighted by molar-refractivity contribution is 8.00. The fraction of sp³-hybridized carbons (Fsp3) is 0.727. The molecule has 0 radical (unpaired) electrons. The molecule has 1 fully saturated rings. The van der Waals surface area contributed by atoms with Crippen LogP contribution < -0.4 is 10.6 Å². The maximum absolute atomic E-state index is 4.21. The van der Waals surface area contributed by atoms with Crippen molar-refractivity contribution in [2.75, 3.05) is 25.9 Å². The maximum Gasteiger partial charge on any atom is 0.191 e. The lowest BCUT2D eigenvalue weighted by atomic mass is 10.2. The zero-order valence-corrected chi connectivity index (χ0v) is 11.5.